The highest BCUT2D eigenvalue weighted by Gasteiger charge is 2.30. The second-order valence-electron chi connectivity index (χ2n) is 7.41. The number of fused-ring (bicyclic) bond motifs is 1. The first-order valence-corrected chi connectivity index (χ1v) is 8.75. The van der Waals surface area contributed by atoms with Crippen LogP contribution in [-0.4, -0.2) is 44.9 Å². The first-order valence-electron chi connectivity index (χ1n) is 8.37. The molecule has 0 spiro atoms. The van der Waals surface area contributed by atoms with Crippen molar-refractivity contribution < 1.29 is 14.6 Å². The lowest BCUT2D eigenvalue weighted by Crippen LogP contribution is -2.22. The molecule has 1 fully saturated rings. The highest BCUT2D eigenvalue weighted by molar-refractivity contribution is 6.30. The van der Waals surface area contributed by atoms with Gasteiger partial charge in [0.25, 0.3) is 0 Å². The van der Waals surface area contributed by atoms with E-state index in [9.17, 15) is 9.90 Å². The average Bonchev–Trinajstić information content (AvgIpc) is 3.10. The van der Waals surface area contributed by atoms with Gasteiger partial charge in [-0.05, 0) is 25.3 Å². The number of aromatic nitrogens is 3. The van der Waals surface area contributed by atoms with Crippen LogP contribution in [0.3, 0.4) is 0 Å². The molecular weight excluding hydrogens is 344 g/mol. The summed E-state index contributed by atoms with van der Waals surface area (Å²) < 4.78 is 7.60. The normalized spacial score (nSPS) is 19.5. The van der Waals surface area contributed by atoms with Crippen molar-refractivity contribution in [3.63, 3.8) is 0 Å². The summed E-state index contributed by atoms with van der Waals surface area (Å²) in [5.74, 6) is -1.06. The first-order chi connectivity index (χ1) is 11.7. The topological polar surface area (TPSA) is 88.8 Å². The molecule has 3 rings (SSSR count). The minimum atomic E-state index is -1.06. The van der Waals surface area contributed by atoms with Crippen molar-refractivity contribution in [2.45, 2.75) is 51.7 Å². The van der Waals surface area contributed by atoms with Crippen LogP contribution in [0.5, 0.6) is 0 Å². The Kier molecular flexibility index (Phi) is 4.74. The Hall–Kier alpha value is -1.70. The summed E-state index contributed by atoms with van der Waals surface area (Å²) in [6.07, 6.45) is 1.86. The second-order valence-corrected chi connectivity index (χ2v) is 7.76. The van der Waals surface area contributed by atoms with Gasteiger partial charge in [0.1, 0.15) is 5.56 Å². The number of nitrogens with zero attached hydrogens (tertiary/aromatic N) is 3. The van der Waals surface area contributed by atoms with Gasteiger partial charge in [-0.1, -0.05) is 32.4 Å². The van der Waals surface area contributed by atoms with E-state index < -0.39 is 12.1 Å². The van der Waals surface area contributed by atoms with Crippen LogP contribution in [-0.2, 0) is 10.2 Å². The summed E-state index contributed by atoms with van der Waals surface area (Å²) in [5.41, 5.74) is 1.62. The fourth-order valence-corrected chi connectivity index (χ4v) is 3.72. The summed E-state index contributed by atoms with van der Waals surface area (Å²) in [5, 5.41) is 17.5. The Morgan fingerprint density at radius 3 is 2.80 bits per heavy atom. The third-order valence-electron chi connectivity index (χ3n) is 4.42. The lowest BCUT2D eigenvalue weighted by Gasteiger charge is -2.21. The Labute approximate surface area is 151 Å². The number of carbonyl (C=O) groups is 1. The lowest BCUT2D eigenvalue weighted by molar-refractivity contribution is 0.00394. The van der Waals surface area contributed by atoms with E-state index in [4.69, 9.17) is 16.3 Å². The molecule has 2 N–H and O–H groups in total. The minimum absolute atomic E-state index is 0.0491. The lowest BCUT2D eigenvalue weighted by atomic mass is 9.89. The third-order valence-corrected chi connectivity index (χ3v) is 4.68. The largest absolute Gasteiger partial charge is 0.478 e. The van der Waals surface area contributed by atoms with Gasteiger partial charge in [-0.2, -0.15) is 5.10 Å². The molecule has 1 aliphatic heterocycles. The van der Waals surface area contributed by atoms with Gasteiger partial charge >= 0.3 is 5.97 Å². The molecule has 0 saturated carbocycles. The summed E-state index contributed by atoms with van der Waals surface area (Å²) >= 11 is 6.36. The Morgan fingerprint density at radius 2 is 2.24 bits per heavy atom. The van der Waals surface area contributed by atoms with Crippen LogP contribution >= 0.6 is 11.6 Å². The van der Waals surface area contributed by atoms with E-state index in [-0.39, 0.29) is 17.1 Å². The zero-order valence-electron chi connectivity index (χ0n) is 14.8. The Bertz CT molecular complexity index is 806. The van der Waals surface area contributed by atoms with Crippen molar-refractivity contribution in [3.8, 4) is 0 Å². The molecule has 1 unspecified atom stereocenters. The highest BCUT2D eigenvalue weighted by atomic mass is 35.5. The number of hydrogen-bond acceptors (Lipinski definition) is 5. The first kappa shape index (κ1) is 18.1. The maximum absolute atomic E-state index is 11.7. The van der Waals surface area contributed by atoms with E-state index in [1.165, 1.54) is 10.7 Å². The van der Waals surface area contributed by atoms with Crippen molar-refractivity contribution in [3.05, 3.63) is 28.2 Å². The molecule has 0 radical (unpaired) electrons. The molecule has 25 heavy (non-hydrogen) atoms. The van der Waals surface area contributed by atoms with Gasteiger partial charge in [0.2, 0.25) is 0 Å². The fraction of sp³-hybridized carbons (Fsp3) is 0.588. The summed E-state index contributed by atoms with van der Waals surface area (Å²) in [4.78, 5) is 16.0. The second kappa shape index (κ2) is 6.55. The monoisotopic (exact) mass is 366 g/mol. The maximum atomic E-state index is 11.7. The van der Waals surface area contributed by atoms with Gasteiger partial charge in [0.05, 0.1) is 17.9 Å². The Morgan fingerprint density at radius 1 is 1.52 bits per heavy atom. The summed E-state index contributed by atoms with van der Waals surface area (Å²) in [6.45, 7) is 9.56. The summed E-state index contributed by atoms with van der Waals surface area (Å²) in [7, 11) is 0. The van der Waals surface area contributed by atoms with E-state index in [2.05, 4.69) is 15.4 Å². The molecule has 0 bridgehead atoms. The van der Waals surface area contributed by atoms with Gasteiger partial charge in [0.15, 0.2) is 10.8 Å². The number of carboxylic acids is 1. The maximum Gasteiger partial charge on any atom is 0.339 e. The van der Waals surface area contributed by atoms with Crippen molar-refractivity contribution >= 4 is 23.2 Å². The van der Waals surface area contributed by atoms with E-state index in [1.54, 1.807) is 0 Å². The van der Waals surface area contributed by atoms with E-state index in [0.29, 0.717) is 16.5 Å². The predicted octanol–water partition coefficient (Wildman–Crippen LogP) is 2.82. The zero-order chi connectivity index (χ0) is 18.4. The van der Waals surface area contributed by atoms with Crippen molar-refractivity contribution in [1.82, 2.24) is 19.9 Å². The molecule has 0 amide bonds. The van der Waals surface area contributed by atoms with Crippen molar-refractivity contribution in [1.29, 1.82) is 0 Å². The van der Waals surface area contributed by atoms with Crippen LogP contribution in [0.2, 0.25) is 5.15 Å². The van der Waals surface area contributed by atoms with Crippen LogP contribution in [0.15, 0.2) is 6.20 Å². The standard InChI is InChI=1S/C17H23ClN4O3/c1-9(25-10-5-6-19-7-10)13-11(16(23)24)8-20-15-12(17(2,3)4)14(18)21-22(13)15/h8-10,19H,5-7H2,1-4H3,(H,23,24)/t9-,10?/m0/s1. The zero-order valence-corrected chi connectivity index (χ0v) is 15.6. The van der Waals surface area contributed by atoms with Crippen molar-refractivity contribution in [2.24, 2.45) is 0 Å². The minimum Gasteiger partial charge on any atom is -0.478 e. The molecule has 0 aromatic carbocycles. The molecule has 136 valence electrons. The van der Waals surface area contributed by atoms with E-state index in [0.717, 1.165) is 25.1 Å². The van der Waals surface area contributed by atoms with Crippen LogP contribution in [0.4, 0.5) is 0 Å². The molecule has 7 nitrogen and oxygen atoms in total. The molecule has 8 heteroatoms. The molecule has 0 aliphatic carbocycles. The van der Waals surface area contributed by atoms with Gasteiger partial charge in [0, 0.05) is 18.3 Å². The Balaban J connectivity index is 2.16. The number of ether oxygens (including phenoxy) is 1. The predicted molar refractivity (Wildman–Crippen MR) is 94.4 cm³/mol. The fourth-order valence-electron chi connectivity index (χ4n) is 3.27. The molecular formula is C17H23ClN4O3. The van der Waals surface area contributed by atoms with E-state index >= 15 is 0 Å². The number of aromatic carboxylic acids is 1. The molecule has 1 saturated heterocycles. The van der Waals surface area contributed by atoms with Gasteiger partial charge in [-0.3, -0.25) is 0 Å². The number of halogens is 1. The number of nitrogens with one attached hydrogen (secondary N) is 1. The van der Waals surface area contributed by atoms with E-state index in [1.807, 2.05) is 27.7 Å². The molecule has 2 aromatic heterocycles. The number of carboxylic acid groups (broad SMARTS) is 1. The van der Waals surface area contributed by atoms with Crippen LogP contribution in [0.25, 0.3) is 5.65 Å². The van der Waals surface area contributed by atoms with Gasteiger partial charge in [-0.15, -0.1) is 0 Å². The van der Waals surface area contributed by atoms with Gasteiger partial charge < -0.3 is 15.2 Å². The molecule has 1 aliphatic rings. The molecule has 2 aromatic rings. The molecule has 2 atom stereocenters. The quantitative estimate of drug-likeness (QED) is 0.864. The number of hydrogen-bond donors (Lipinski definition) is 2. The summed E-state index contributed by atoms with van der Waals surface area (Å²) in [6, 6.07) is 0. The van der Waals surface area contributed by atoms with Crippen LogP contribution in [0.1, 0.15) is 61.8 Å². The number of rotatable bonds is 4. The van der Waals surface area contributed by atoms with Gasteiger partial charge in [-0.25, -0.2) is 14.3 Å². The van der Waals surface area contributed by atoms with Crippen LogP contribution < -0.4 is 5.32 Å². The smallest absolute Gasteiger partial charge is 0.339 e. The third kappa shape index (κ3) is 3.36. The van der Waals surface area contributed by atoms with Crippen LogP contribution in [0, 0.1) is 0 Å². The van der Waals surface area contributed by atoms with Crippen molar-refractivity contribution in [2.75, 3.05) is 13.1 Å². The molecule has 3 heterocycles. The highest BCUT2D eigenvalue weighted by Crippen LogP contribution is 2.34. The SMILES string of the molecule is C[C@H](OC1CCNC1)c1c(C(=O)O)cnc2c(C(C)(C)C)c(Cl)nn12. The average molecular weight is 367 g/mol.